The third kappa shape index (κ3) is 3.90. The largest absolute Gasteiger partial charge is 0.490 e. The first kappa shape index (κ1) is 19.7. The fourth-order valence-electron chi connectivity index (χ4n) is 3.11. The van der Waals surface area contributed by atoms with Gasteiger partial charge in [-0.25, -0.2) is 15.0 Å². The maximum absolute atomic E-state index is 11.4. The molecule has 0 aliphatic carbocycles. The van der Waals surface area contributed by atoms with Gasteiger partial charge in [-0.15, -0.1) is 0 Å². The van der Waals surface area contributed by atoms with E-state index in [1.807, 2.05) is 0 Å². The monoisotopic (exact) mass is 413 g/mol. The van der Waals surface area contributed by atoms with Gasteiger partial charge in [0.15, 0.2) is 5.75 Å². The summed E-state index contributed by atoms with van der Waals surface area (Å²) in [5, 5.41) is 18.1. The number of nitrogens with one attached hydrogen (secondary N) is 2. The molecular weight excluding hydrogens is 394 g/mol. The molecule has 12 nitrogen and oxygen atoms in total. The Balaban J connectivity index is 1.75. The summed E-state index contributed by atoms with van der Waals surface area (Å²) < 4.78 is 16.1. The number of anilines is 2. The van der Waals surface area contributed by atoms with Gasteiger partial charge < -0.3 is 24.8 Å². The molecule has 2 aromatic heterocycles. The third-order valence-corrected chi connectivity index (χ3v) is 4.55. The number of benzene rings is 1. The van der Waals surface area contributed by atoms with E-state index in [1.54, 1.807) is 6.07 Å². The van der Waals surface area contributed by atoms with E-state index in [2.05, 4.69) is 30.6 Å². The Morgan fingerprint density at radius 1 is 1.23 bits per heavy atom. The summed E-state index contributed by atoms with van der Waals surface area (Å²) in [4.78, 5) is 28.1. The zero-order valence-corrected chi connectivity index (χ0v) is 16.3. The lowest BCUT2D eigenvalue weighted by atomic mass is 10.2. The highest BCUT2D eigenvalue weighted by molar-refractivity contribution is 5.93. The molecule has 0 radical (unpaired) electrons. The van der Waals surface area contributed by atoms with Crippen LogP contribution in [0, 0.1) is 10.1 Å². The van der Waals surface area contributed by atoms with Crippen molar-refractivity contribution in [1.29, 1.82) is 0 Å². The Morgan fingerprint density at radius 2 is 2.10 bits per heavy atom. The second-order valence-corrected chi connectivity index (χ2v) is 6.37. The van der Waals surface area contributed by atoms with E-state index in [0.717, 1.165) is 6.54 Å². The molecule has 1 aliphatic heterocycles. The molecular formula is C18H19N7O5. The van der Waals surface area contributed by atoms with Gasteiger partial charge in [-0.1, -0.05) is 0 Å². The van der Waals surface area contributed by atoms with Gasteiger partial charge in [0.05, 0.1) is 42.3 Å². The minimum absolute atomic E-state index is 0.110. The molecule has 0 amide bonds. The van der Waals surface area contributed by atoms with Gasteiger partial charge in [-0.05, 0) is 0 Å². The van der Waals surface area contributed by atoms with Gasteiger partial charge in [-0.3, -0.25) is 10.1 Å². The molecule has 3 heterocycles. The van der Waals surface area contributed by atoms with Crippen molar-refractivity contribution in [1.82, 2.24) is 25.3 Å². The fraction of sp³-hybridized carbons (Fsp3) is 0.333. The van der Waals surface area contributed by atoms with Gasteiger partial charge >= 0.3 is 5.69 Å². The molecule has 1 saturated heterocycles. The summed E-state index contributed by atoms with van der Waals surface area (Å²) in [6, 6.07) is 4.54. The molecule has 30 heavy (non-hydrogen) atoms. The number of nitro groups is 1. The molecule has 1 fully saturated rings. The zero-order valence-electron chi connectivity index (χ0n) is 16.3. The van der Waals surface area contributed by atoms with Gasteiger partial charge in [-0.2, -0.15) is 4.98 Å². The smallest absolute Gasteiger partial charge is 0.311 e. The van der Waals surface area contributed by atoms with E-state index in [4.69, 9.17) is 14.2 Å². The fourth-order valence-corrected chi connectivity index (χ4v) is 3.11. The quantitative estimate of drug-likeness (QED) is 0.450. The van der Waals surface area contributed by atoms with Crippen molar-refractivity contribution in [3.8, 4) is 11.6 Å². The second kappa shape index (κ2) is 8.39. The Hall–Kier alpha value is -3.64. The minimum Gasteiger partial charge on any atom is -0.490 e. The van der Waals surface area contributed by atoms with Gasteiger partial charge in [0.2, 0.25) is 11.8 Å². The van der Waals surface area contributed by atoms with Crippen LogP contribution in [0.25, 0.3) is 10.9 Å². The average molecular weight is 413 g/mol. The van der Waals surface area contributed by atoms with Crippen LogP contribution in [-0.4, -0.2) is 58.8 Å². The summed E-state index contributed by atoms with van der Waals surface area (Å²) in [6.45, 7) is 1.96. The topological polar surface area (TPSA) is 146 Å². The Kier molecular flexibility index (Phi) is 5.50. The molecule has 1 unspecified atom stereocenters. The first-order valence-electron chi connectivity index (χ1n) is 9.08. The number of hydrogen-bond donors (Lipinski definition) is 2. The molecule has 1 aliphatic rings. The first-order valence-corrected chi connectivity index (χ1v) is 9.08. The number of rotatable bonds is 6. The van der Waals surface area contributed by atoms with Crippen molar-refractivity contribution in [2.45, 2.75) is 6.10 Å². The van der Waals surface area contributed by atoms with E-state index >= 15 is 0 Å². The lowest BCUT2D eigenvalue weighted by molar-refractivity contribution is -0.385. The van der Waals surface area contributed by atoms with Crippen LogP contribution in [0.3, 0.4) is 0 Å². The van der Waals surface area contributed by atoms with Crippen molar-refractivity contribution >= 4 is 28.4 Å². The number of fused-ring (bicyclic) bond motifs is 1. The molecule has 4 rings (SSSR count). The van der Waals surface area contributed by atoms with Crippen LogP contribution in [-0.2, 0) is 4.74 Å². The lowest BCUT2D eigenvalue weighted by Crippen LogP contribution is -2.33. The zero-order chi connectivity index (χ0) is 21.1. The highest BCUT2D eigenvalue weighted by atomic mass is 16.6. The summed E-state index contributed by atoms with van der Waals surface area (Å²) in [5.41, 5.74) is 0.914. The first-order chi connectivity index (χ1) is 14.6. The molecule has 12 heteroatoms. The summed E-state index contributed by atoms with van der Waals surface area (Å²) in [6.07, 6.45) is 1.09. The predicted octanol–water partition coefficient (Wildman–Crippen LogP) is 1.75. The average Bonchev–Trinajstić information content (AvgIpc) is 2.78. The number of ether oxygens (including phenoxy) is 3. The van der Waals surface area contributed by atoms with Gasteiger partial charge in [0.1, 0.15) is 18.2 Å². The number of nitrogens with zero attached hydrogens (tertiary/aromatic N) is 5. The van der Waals surface area contributed by atoms with Gasteiger partial charge in [0, 0.05) is 31.3 Å². The molecule has 156 valence electrons. The van der Waals surface area contributed by atoms with Crippen LogP contribution in [0.5, 0.6) is 11.6 Å². The predicted molar refractivity (Wildman–Crippen MR) is 106 cm³/mol. The standard InChI is InChI=1S/C18H19N7O5/c1-28-14-6-11-10(5-13(14)25(26)27)17(21-9-20-11)24-18-22-12(7-16(23-18)29-2)15-8-19-3-4-30-15/h5-7,9,15,19H,3-4,8H2,1-2H3,(H,20,21,22,23,24). The van der Waals surface area contributed by atoms with Gasteiger partial charge in [0.25, 0.3) is 0 Å². The molecule has 1 atom stereocenters. The van der Waals surface area contributed by atoms with Crippen LogP contribution in [0.15, 0.2) is 24.5 Å². The molecule has 0 saturated carbocycles. The van der Waals surface area contributed by atoms with Crippen molar-refractivity contribution in [2.75, 3.05) is 39.2 Å². The maximum atomic E-state index is 11.4. The third-order valence-electron chi connectivity index (χ3n) is 4.55. The highest BCUT2D eigenvalue weighted by Gasteiger charge is 2.21. The Labute approximate surface area is 170 Å². The lowest BCUT2D eigenvalue weighted by Gasteiger charge is -2.23. The second-order valence-electron chi connectivity index (χ2n) is 6.37. The van der Waals surface area contributed by atoms with Crippen molar-refractivity contribution < 1.29 is 19.1 Å². The SMILES string of the molecule is COc1cc(C2CNCCO2)nc(Nc2ncnc3cc(OC)c([N+](=O)[O-])cc23)n1. The summed E-state index contributed by atoms with van der Waals surface area (Å²) in [7, 11) is 2.87. The summed E-state index contributed by atoms with van der Waals surface area (Å²) in [5.74, 6) is 0.992. The Morgan fingerprint density at radius 3 is 2.80 bits per heavy atom. The number of morpholine rings is 1. The van der Waals surface area contributed by atoms with Crippen LogP contribution < -0.4 is 20.1 Å². The molecule has 0 spiro atoms. The highest BCUT2D eigenvalue weighted by Crippen LogP contribution is 2.34. The van der Waals surface area contributed by atoms with Crippen LogP contribution >= 0.6 is 0 Å². The number of nitro benzene ring substituents is 1. The van der Waals surface area contributed by atoms with E-state index in [0.29, 0.717) is 41.4 Å². The van der Waals surface area contributed by atoms with E-state index in [-0.39, 0.29) is 23.5 Å². The number of aromatic nitrogens is 4. The number of hydrogen-bond acceptors (Lipinski definition) is 11. The summed E-state index contributed by atoms with van der Waals surface area (Å²) >= 11 is 0. The van der Waals surface area contributed by atoms with Crippen molar-refractivity contribution in [2.24, 2.45) is 0 Å². The van der Waals surface area contributed by atoms with E-state index in [9.17, 15) is 10.1 Å². The molecule has 0 bridgehead atoms. The van der Waals surface area contributed by atoms with E-state index < -0.39 is 4.92 Å². The molecule has 2 N–H and O–H groups in total. The van der Waals surface area contributed by atoms with Crippen LogP contribution in [0.4, 0.5) is 17.5 Å². The number of methoxy groups -OCH3 is 2. The van der Waals surface area contributed by atoms with E-state index in [1.165, 1.54) is 32.7 Å². The van der Waals surface area contributed by atoms with Crippen LogP contribution in [0.2, 0.25) is 0 Å². The van der Waals surface area contributed by atoms with Crippen molar-refractivity contribution in [3.05, 3.63) is 40.3 Å². The normalized spacial score (nSPS) is 16.3. The van der Waals surface area contributed by atoms with Crippen molar-refractivity contribution in [3.63, 3.8) is 0 Å². The maximum Gasteiger partial charge on any atom is 0.311 e. The minimum atomic E-state index is -0.525. The Bertz CT molecular complexity index is 1090. The molecule has 1 aromatic carbocycles. The molecule has 3 aromatic rings. The van der Waals surface area contributed by atoms with Crippen LogP contribution in [0.1, 0.15) is 11.8 Å².